The van der Waals surface area contributed by atoms with E-state index in [9.17, 15) is 9.59 Å². The van der Waals surface area contributed by atoms with Crippen LogP contribution in [-0.2, 0) is 4.79 Å². The number of likely N-dealkylation sites (tertiary alicyclic amines) is 1. The molecule has 1 aliphatic rings. The van der Waals surface area contributed by atoms with E-state index in [-0.39, 0.29) is 34.0 Å². The van der Waals surface area contributed by atoms with Crippen LogP contribution in [0.15, 0.2) is 60.9 Å². The Morgan fingerprint density at radius 2 is 1.97 bits per heavy atom. The Morgan fingerprint density at radius 3 is 2.72 bits per heavy atom. The predicted octanol–water partition coefficient (Wildman–Crippen LogP) is 4.68. The third kappa shape index (κ3) is 4.25. The molecule has 0 radical (unpaired) electrons. The van der Waals surface area contributed by atoms with Gasteiger partial charge in [0.1, 0.15) is 34.4 Å². The molecule has 180 valence electrons. The van der Waals surface area contributed by atoms with E-state index in [2.05, 4.69) is 16.8 Å². The molecule has 1 saturated heterocycles. The van der Waals surface area contributed by atoms with Crippen LogP contribution >= 0.6 is 11.6 Å². The van der Waals surface area contributed by atoms with Crippen LogP contribution in [0.5, 0.6) is 11.5 Å². The van der Waals surface area contributed by atoms with E-state index in [0.717, 1.165) is 6.42 Å². The van der Waals surface area contributed by atoms with Crippen molar-refractivity contribution in [3.05, 3.63) is 83.0 Å². The Balaban J connectivity index is 1.54. The van der Waals surface area contributed by atoms with Crippen LogP contribution in [-0.4, -0.2) is 37.5 Å². The van der Waals surface area contributed by atoms with E-state index in [1.165, 1.54) is 6.20 Å². The summed E-state index contributed by atoms with van der Waals surface area (Å²) in [5.74, 6) is 6.42. The molecule has 0 aliphatic carbocycles. The number of hydrogen-bond donors (Lipinski definition) is 1. The summed E-state index contributed by atoms with van der Waals surface area (Å²) in [5.41, 5.74) is 6.94. The number of halogens is 1. The standard InChI is InChI=1S/C27H22ClN5O3/c1-2-7-22(34)32-14-6-10-21(32)27-31-23(24-26(29)30-13-15-33(24)27)25(35)19-12-11-18(16-20(19)28)36-17-8-4-3-5-9-17/h3-5,8-9,11-13,15-16,21H,6,10,14H2,1H3,(H2,29,30)/t21-/m0/s1. The van der Waals surface area contributed by atoms with Crippen LogP contribution < -0.4 is 10.5 Å². The van der Waals surface area contributed by atoms with Gasteiger partial charge >= 0.3 is 0 Å². The van der Waals surface area contributed by atoms with E-state index < -0.39 is 5.78 Å². The van der Waals surface area contributed by atoms with Gasteiger partial charge in [0.25, 0.3) is 5.91 Å². The van der Waals surface area contributed by atoms with E-state index in [1.807, 2.05) is 30.3 Å². The Bertz CT molecular complexity index is 1540. The summed E-state index contributed by atoms with van der Waals surface area (Å²) in [7, 11) is 0. The van der Waals surface area contributed by atoms with Gasteiger partial charge in [0.15, 0.2) is 0 Å². The highest BCUT2D eigenvalue weighted by Crippen LogP contribution is 2.35. The van der Waals surface area contributed by atoms with Crippen molar-refractivity contribution in [2.24, 2.45) is 0 Å². The molecular formula is C27H22ClN5O3. The lowest BCUT2D eigenvalue weighted by Gasteiger charge is -2.21. The highest BCUT2D eigenvalue weighted by Gasteiger charge is 2.34. The molecule has 3 heterocycles. The fourth-order valence-electron chi connectivity index (χ4n) is 4.43. The van der Waals surface area contributed by atoms with Gasteiger partial charge in [-0.1, -0.05) is 35.7 Å². The smallest absolute Gasteiger partial charge is 0.299 e. The van der Waals surface area contributed by atoms with Gasteiger partial charge in [0, 0.05) is 30.6 Å². The molecule has 2 N–H and O–H groups in total. The normalized spacial score (nSPS) is 14.9. The maximum Gasteiger partial charge on any atom is 0.299 e. The second kappa shape index (κ2) is 9.72. The molecule has 9 heteroatoms. The summed E-state index contributed by atoms with van der Waals surface area (Å²) in [4.78, 5) is 36.8. The van der Waals surface area contributed by atoms with Crippen LogP contribution in [0.1, 0.15) is 47.7 Å². The highest BCUT2D eigenvalue weighted by molar-refractivity contribution is 6.35. The Labute approximate surface area is 212 Å². The molecule has 1 fully saturated rings. The number of aromatic nitrogens is 3. The number of carbonyl (C=O) groups excluding carboxylic acids is 2. The number of amides is 1. The Morgan fingerprint density at radius 1 is 1.17 bits per heavy atom. The van der Waals surface area contributed by atoms with Gasteiger partial charge in [-0.05, 0) is 50.0 Å². The quantitative estimate of drug-likeness (QED) is 0.316. The number of nitrogen functional groups attached to an aromatic ring is 1. The summed E-state index contributed by atoms with van der Waals surface area (Å²) in [6.45, 7) is 2.18. The number of ketones is 1. The van der Waals surface area contributed by atoms with Crippen molar-refractivity contribution >= 4 is 34.6 Å². The van der Waals surface area contributed by atoms with E-state index in [0.29, 0.717) is 35.8 Å². The average molecular weight is 500 g/mol. The number of nitrogens with zero attached hydrogens (tertiary/aromatic N) is 4. The number of para-hydroxylation sites is 1. The number of rotatable bonds is 5. The first-order valence-electron chi connectivity index (χ1n) is 11.4. The van der Waals surface area contributed by atoms with Crippen LogP contribution in [0.3, 0.4) is 0 Å². The van der Waals surface area contributed by atoms with Crippen molar-refractivity contribution in [2.75, 3.05) is 12.3 Å². The van der Waals surface area contributed by atoms with Crippen molar-refractivity contribution in [3.8, 4) is 23.3 Å². The average Bonchev–Trinajstić information content (AvgIpc) is 3.50. The zero-order valence-electron chi connectivity index (χ0n) is 19.4. The minimum Gasteiger partial charge on any atom is -0.457 e. The molecule has 1 aliphatic heterocycles. The van der Waals surface area contributed by atoms with Gasteiger partial charge in [-0.3, -0.25) is 14.0 Å². The molecular weight excluding hydrogens is 478 g/mol. The highest BCUT2D eigenvalue weighted by atomic mass is 35.5. The summed E-state index contributed by atoms with van der Waals surface area (Å²) in [6, 6.07) is 13.8. The van der Waals surface area contributed by atoms with Crippen molar-refractivity contribution < 1.29 is 14.3 Å². The minimum atomic E-state index is -0.404. The summed E-state index contributed by atoms with van der Waals surface area (Å²) in [5, 5.41) is 0.217. The fraction of sp³-hybridized carbons (Fsp3) is 0.185. The number of benzene rings is 2. The number of ether oxygens (including phenoxy) is 1. The summed E-state index contributed by atoms with van der Waals surface area (Å²) >= 11 is 6.51. The topological polar surface area (TPSA) is 103 Å². The van der Waals surface area contributed by atoms with Gasteiger partial charge in [-0.15, -0.1) is 0 Å². The maximum atomic E-state index is 13.7. The van der Waals surface area contributed by atoms with Crippen LogP contribution in [0, 0.1) is 11.8 Å². The summed E-state index contributed by atoms with van der Waals surface area (Å²) in [6.07, 6.45) is 4.72. The third-order valence-electron chi connectivity index (χ3n) is 6.03. The SMILES string of the molecule is CC#CC(=O)N1CCC[C@H]1c1nc(C(=O)c2ccc(Oc3ccccc3)cc2Cl)c2c(N)nccn12. The van der Waals surface area contributed by atoms with Crippen molar-refractivity contribution in [1.29, 1.82) is 0 Å². The molecule has 1 amide bonds. The minimum absolute atomic E-state index is 0.120. The predicted molar refractivity (Wildman–Crippen MR) is 136 cm³/mol. The lowest BCUT2D eigenvalue weighted by atomic mass is 10.1. The first-order valence-corrected chi connectivity index (χ1v) is 11.8. The molecule has 8 nitrogen and oxygen atoms in total. The first-order chi connectivity index (χ1) is 17.5. The molecule has 36 heavy (non-hydrogen) atoms. The Kier molecular flexibility index (Phi) is 6.32. The number of carbonyl (C=O) groups is 2. The molecule has 2 aromatic heterocycles. The van der Waals surface area contributed by atoms with E-state index in [1.54, 1.807) is 40.6 Å². The van der Waals surface area contributed by atoms with Crippen molar-refractivity contribution in [3.63, 3.8) is 0 Å². The molecule has 0 bridgehead atoms. The zero-order valence-corrected chi connectivity index (χ0v) is 20.2. The molecule has 5 rings (SSSR count). The molecule has 2 aromatic carbocycles. The molecule has 1 atom stereocenters. The Hall–Kier alpha value is -4.35. The molecule has 0 unspecified atom stereocenters. The van der Waals surface area contributed by atoms with E-state index >= 15 is 0 Å². The van der Waals surface area contributed by atoms with Crippen molar-refractivity contribution in [1.82, 2.24) is 19.3 Å². The number of hydrogen-bond acceptors (Lipinski definition) is 6. The van der Waals surface area contributed by atoms with Gasteiger partial charge in [0.05, 0.1) is 11.1 Å². The largest absolute Gasteiger partial charge is 0.457 e. The fourth-order valence-corrected chi connectivity index (χ4v) is 4.69. The lowest BCUT2D eigenvalue weighted by molar-refractivity contribution is -0.126. The molecule has 0 spiro atoms. The maximum absolute atomic E-state index is 13.7. The van der Waals surface area contributed by atoms with E-state index in [4.69, 9.17) is 27.1 Å². The molecule has 0 saturated carbocycles. The van der Waals surface area contributed by atoms with Crippen LogP contribution in [0.2, 0.25) is 5.02 Å². The van der Waals surface area contributed by atoms with Crippen LogP contribution in [0.25, 0.3) is 5.52 Å². The van der Waals surface area contributed by atoms with Crippen LogP contribution in [0.4, 0.5) is 5.82 Å². The number of nitrogens with two attached hydrogens (primary N) is 1. The van der Waals surface area contributed by atoms with Gasteiger partial charge in [0.2, 0.25) is 5.78 Å². The summed E-state index contributed by atoms with van der Waals surface area (Å²) < 4.78 is 7.55. The third-order valence-corrected chi connectivity index (χ3v) is 6.35. The second-order valence-electron chi connectivity index (χ2n) is 8.27. The first kappa shape index (κ1) is 23.4. The molecule has 4 aromatic rings. The van der Waals surface area contributed by atoms with Gasteiger partial charge in [-0.2, -0.15) is 0 Å². The van der Waals surface area contributed by atoms with Crippen molar-refractivity contribution in [2.45, 2.75) is 25.8 Å². The van der Waals surface area contributed by atoms with Gasteiger partial charge in [-0.25, -0.2) is 9.97 Å². The lowest BCUT2D eigenvalue weighted by Crippen LogP contribution is -2.30. The number of anilines is 1. The zero-order chi connectivity index (χ0) is 25.2. The second-order valence-corrected chi connectivity index (χ2v) is 8.67. The number of imidazole rings is 1. The monoisotopic (exact) mass is 499 g/mol. The van der Waals surface area contributed by atoms with Gasteiger partial charge < -0.3 is 15.4 Å². The number of fused-ring (bicyclic) bond motifs is 1.